The molecule has 0 bridgehead atoms. The van der Waals surface area contributed by atoms with Crippen LogP contribution in [-0.4, -0.2) is 4.57 Å². The highest BCUT2D eigenvalue weighted by atomic mass is 15.0. The maximum absolute atomic E-state index is 2.43. The molecular weight excluding hydrogens is 446 g/mol. The number of nitrogens with zero attached hydrogens (tertiary/aromatic N) is 1. The lowest BCUT2D eigenvalue weighted by atomic mass is 9.82. The van der Waals surface area contributed by atoms with Crippen LogP contribution >= 0.6 is 0 Å². The molecule has 0 amide bonds. The minimum absolute atomic E-state index is 0.0208. The highest BCUT2D eigenvalue weighted by Gasteiger charge is 2.35. The van der Waals surface area contributed by atoms with Gasteiger partial charge < -0.3 is 4.57 Å². The summed E-state index contributed by atoms with van der Waals surface area (Å²) in [5.41, 5.74) is 12.9. The first-order valence-corrected chi connectivity index (χ1v) is 13.1. The van der Waals surface area contributed by atoms with E-state index in [9.17, 15) is 0 Å². The summed E-state index contributed by atoms with van der Waals surface area (Å²) in [5.74, 6) is 0. The van der Waals surface area contributed by atoms with Crippen molar-refractivity contribution in [2.45, 2.75) is 26.2 Å². The molecule has 37 heavy (non-hydrogen) atoms. The minimum Gasteiger partial charge on any atom is -0.309 e. The Kier molecular flexibility index (Phi) is 4.78. The summed E-state index contributed by atoms with van der Waals surface area (Å²) < 4.78 is 2.43. The largest absolute Gasteiger partial charge is 0.309 e. The van der Waals surface area contributed by atoms with Crippen LogP contribution in [0.15, 0.2) is 115 Å². The van der Waals surface area contributed by atoms with Gasteiger partial charge in [-0.25, -0.2) is 0 Å². The van der Waals surface area contributed by atoms with Crippen molar-refractivity contribution < 1.29 is 0 Å². The summed E-state index contributed by atoms with van der Waals surface area (Å²) in [4.78, 5) is 0. The Hall–Kier alpha value is -4.36. The molecule has 0 saturated heterocycles. The second-order valence-electron chi connectivity index (χ2n) is 10.6. The van der Waals surface area contributed by atoms with E-state index in [0.29, 0.717) is 0 Å². The van der Waals surface area contributed by atoms with E-state index in [0.717, 1.165) is 0 Å². The van der Waals surface area contributed by atoms with Crippen molar-refractivity contribution in [1.29, 1.82) is 0 Å². The van der Waals surface area contributed by atoms with E-state index in [2.05, 4.69) is 147 Å². The number of hydrogen-bond donors (Lipinski definition) is 0. The summed E-state index contributed by atoms with van der Waals surface area (Å²) in [7, 11) is 0. The summed E-state index contributed by atoms with van der Waals surface area (Å²) in [6.07, 6.45) is 4.21. The van der Waals surface area contributed by atoms with Crippen molar-refractivity contribution in [3.05, 3.63) is 132 Å². The lowest BCUT2D eigenvalue weighted by Gasteiger charge is -2.22. The van der Waals surface area contributed by atoms with E-state index >= 15 is 0 Å². The zero-order valence-electron chi connectivity index (χ0n) is 21.5. The van der Waals surface area contributed by atoms with Gasteiger partial charge in [-0.2, -0.15) is 0 Å². The van der Waals surface area contributed by atoms with E-state index < -0.39 is 0 Å². The number of para-hydroxylation sites is 1. The summed E-state index contributed by atoms with van der Waals surface area (Å²) in [6, 6.07) is 40.4. The van der Waals surface area contributed by atoms with Crippen LogP contribution in [-0.2, 0) is 5.41 Å². The summed E-state index contributed by atoms with van der Waals surface area (Å²) in [5, 5.41) is 2.57. The molecule has 7 rings (SSSR count). The molecule has 5 aromatic carbocycles. The molecule has 1 heteroatoms. The Morgan fingerprint density at radius 3 is 2.14 bits per heavy atom. The number of allylic oxidation sites excluding steroid dienone is 1. The Morgan fingerprint density at radius 1 is 0.595 bits per heavy atom. The molecule has 1 aromatic heterocycles. The van der Waals surface area contributed by atoms with Crippen molar-refractivity contribution >= 4 is 27.9 Å². The molecule has 0 atom stereocenters. The first-order chi connectivity index (χ1) is 18.1. The number of aromatic nitrogens is 1. The molecule has 0 unspecified atom stereocenters. The smallest absolute Gasteiger partial charge is 0.0541 e. The van der Waals surface area contributed by atoms with Crippen molar-refractivity contribution in [3.63, 3.8) is 0 Å². The molecule has 1 aliphatic carbocycles. The van der Waals surface area contributed by atoms with Gasteiger partial charge in [0.05, 0.1) is 11.0 Å². The zero-order valence-corrected chi connectivity index (χ0v) is 21.5. The fourth-order valence-electron chi connectivity index (χ4n) is 6.24. The summed E-state index contributed by atoms with van der Waals surface area (Å²) >= 11 is 0. The number of fused-ring (bicyclic) bond motifs is 6. The predicted octanol–water partition coefficient (Wildman–Crippen LogP) is 9.79. The van der Waals surface area contributed by atoms with Gasteiger partial charge in [-0.1, -0.05) is 105 Å². The lowest BCUT2D eigenvalue weighted by Crippen LogP contribution is -2.15. The molecule has 0 saturated carbocycles. The van der Waals surface area contributed by atoms with Crippen molar-refractivity contribution in [2.24, 2.45) is 0 Å². The fraction of sp³-hybridized carbons (Fsp3) is 0.111. The van der Waals surface area contributed by atoms with Gasteiger partial charge in [-0.3, -0.25) is 0 Å². The molecule has 1 aliphatic rings. The molecule has 1 nitrogen and oxygen atoms in total. The van der Waals surface area contributed by atoms with Gasteiger partial charge in [0, 0.05) is 21.9 Å². The van der Waals surface area contributed by atoms with E-state index in [1.54, 1.807) is 0 Å². The van der Waals surface area contributed by atoms with Gasteiger partial charge in [0.2, 0.25) is 0 Å². The van der Waals surface area contributed by atoms with Crippen molar-refractivity contribution in [2.75, 3.05) is 0 Å². The highest BCUT2D eigenvalue weighted by Crippen LogP contribution is 2.49. The van der Waals surface area contributed by atoms with Gasteiger partial charge in [-0.15, -0.1) is 0 Å². The third-order valence-corrected chi connectivity index (χ3v) is 8.10. The third-order valence-electron chi connectivity index (χ3n) is 8.10. The van der Waals surface area contributed by atoms with Crippen LogP contribution < -0.4 is 0 Å². The molecule has 6 aromatic rings. The van der Waals surface area contributed by atoms with Crippen LogP contribution in [0.1, 0.15) is 37.5 Å². The van der Waals surface area contributed by atoms with Crippen LogP contribution in [0.3, 0.4) is 0 Å². The van der Waals surface area contributed by atoms with Crippen LogP contribution in [0.5, 0.6) is 0 Å². The molecule has 0 radical (unpaired) electrons. The van der Waals surface area contributed by atoms with Crippen LogP contribution in [0.25, 0.3) is 55.8 Å². The molecule has 0 N–H and O–H groups in total. The van der Waals surface area contributed by atoms with Crippen molar-refractivity contribution in [1.82, 2.24) is 4.57 Å². The Balaban J connectivity index is 1.42. The van der Waals surface area contributed by atoms with Gasteiger partial charge in [0.1, 0.15) is 0 Å². The first kappa shape index (κ1) is 21.9. The van der Waals surface area contributed by atoms with E-state index in [1.807, 2.05) is 0 Å². The molecule has 1 heterocycles. The van der Waals surface area contributed by atoms with Gasteiger partial charge in [-0.05, 0) is 76.2 Å². The second kappa shape index (κ2) is 8.08. The molecule has 0 fully saturated rings. The SMILES string of the molecule is CC=Cc1ccc(-c2ccc3c(c2)c2ccccc2n3-c2ccc3c(c2)C(C)(C)c2ccccc2-3)cc1. The lowest BCUT2D eigenvalue weighted by molar-refractivity contribution is 0.660. The van der Waals surface area contributed by atoms with Crippen LogP contribution in [0.2, 0.25) is 0 Å². The number of benzene rings is 5. The normalized spacial score (nSPS) is 13.9. The molecular formula is C36H29N. The zero-order chi connectivity index (χ0) is 25.1. The molecule has 0 aliphatic heterocycles. The molecule has 178 valence electrons. The average molecular weight is 476 g/mol. The Morgan fingerprint density at radius 2 is 1.30 bits per heavy atom. The maximum atomic E-state index is 2.43. The summed E-state index contributed by atoms with van der Waals surface area (Å²) in [6.45, 7) is 6.75. The highest BCUT2D eigenvalue weighted by molar-refractivity contribution is 6.10. The van der Waals surface area contributed by atoms with Crippen LogP contribution in [0, 0.1) is 0 Å². The maximum Gasteiger partial charge on any atom is 0.0541 e. The average Bonchev–Trinajstić information content (AvgIpc) is 3.38. The third kappa shape index (κ3) is 3.24. The Bertz CT molecular complexity index is 1840. The first-order valence-electron chi connectivity index (χ1n) is 13.1. The topological polar surface area (TPSA) is 4.93 Å². The standard InChI is InChI=1S/C36H29N/c1-4-9-24-14-16-25(17-15-24)26-18-21-35-31(22-26)30-11-6-8-13-34(30)37(35)27-19-20-29-28-10-5-7-12-32(28)36(2,3)33(29)23-27/h4-23H,1-3H3. The second-order valence-corrected chi connectivity index (χ2v) is 10.6. The van der Waals surface area contributed by atoms with Gasteiger partial charge >= 0.3 is 0 Å². The van der Waals surface area contributed by atoms with Crippen molar-refractivity contribution in [3.8, 4) is 27.9 Å². The monoisotopic (exact) mass is 475 g/mol. The van der Waals surface area contributed by atoms with Gasteiger partial charge in [0.15, 0.2) is 0 Å². The predicted molar refractivity (Wildman–Crippen MR) is 158 cm³/mol. The van der Waals surface area contributed by atoms with E-state index in [4.69, 9.17) is 0 Å². The fourth-order valence-corrected chi connectivity index (χ4v) is 6.24. The van der Waals surface area contributed by atoms with Crippen LogP contribution in [0.4, 0.5) is 0 Å². The van der Waals surface area contributed by atoms with E-state index in [-0.39, 0.29) is 5.41 Å². The van der Waals surface area contributed by atoms with E-state index in [1.165, 1.54) is 66.4 Å². The quantitative estimate of drug-likeness (QED) is 0.240. The minimum atomic E-state index is -0.0208. The Labute approximate surface area is 218 Å². The number of rotatable bonds is 3. The molecule has 0 spiro atoms. The number of hydrogen-bond acceptors (Lipinski definition) is 0. The van der Waals surface area contributed by atoms with Gasteiger partial charge in [0.25, 0.3) is 0 Å².